The van der Waals surface area contributed by atoms with Crippen LogP contribution in [0.4, 0.5) is 0 Å². The number of benzene rings is 1. The summed E-state index contributed by atoms with van der Waals surface area (Å²) in [4.78, 5) is 12.0. The third kappa shape index (κ3) is 3.57. The molecule has 1 aliphatic rings. The second-order valence-electron chi connectivity index (χ2n) is 5.60. The van der Waals surface area contributed by atoms with Gasteiger partial charge in [-0.3, -0.25) is 4.79 Å². The Hall–Kier alpha value is -2.08. The first kappa shape index (κ1) is 14.8. The van der Waals surface area contributed by atoms with Gasteiger partial charge in [0, 0.05) is 24.1 Å². The van der Waals surface area contributed by atoms with E-state index in [1.54, 1.807) is 0 Å². The Bertz CT molecular complexity index is 749. The smallest absolute Gasteiger partial charge is 0.224 e. The molecule has 1 atom stereocenters. The molecule has 0 radical (unpaired) electrons. The van der Waals surface area contributed by atoms with Gasteiger partial charge in [-0.25, -0.2) is 8.42 Å². The second-order valence-corrected chi connectivity index (χ2v) is 7.83. The van der Waals surface area contributed by atoms with Crippen LogP contribution in [0.3, 0.4) is 0 Å². The van der Waals surface area contributed by atoms with Gasteiger partial charge in [0.1, 0.15) is 0 Å². The average Bonchev–Trinajstić information content (AvgIpc) is 3.09. The van der Waals surface area contributed by atoms with Gasteiger partial charge in [0.2, 0.25) is 5.91 Å². The maximum Gasteiger partial charge on any atom is 0.224 e. The van der Waals surface area contributed by atoms with Crippen molar-refractivity contribution in [3.8, 4) is 5.69 Å². The molecule has 1 amide bonds. The van der Waals surface area contributed by atoms with Crippen LogP contribution >= 0.6 is 0 Å². The highest BCUT2D eigenvalue weighted by atomic mass is 32.2. The molecule has 6 heteroatoms. The van der Waals surface area contributed by atoms with Crippen LogP contribution in [0.2, 0.25) is 0 Å². The van der Waals surface area contributed by atoms with E-state index in [0.717, 1.165) is 11.3 Å². The summed E-state index contributed by atoms with van der Waals surface area (Å²) in [5.41, 5.74) is 1.95. The predicted molar refractivity (Wildman–Crippen MR) is 84.7 cm³/mol. The lowest BCUT2D eigenvalue weighted by molar-refractivity contribution is -0.120. The van der Waals surface area contributed by atoms with Crippen LogP contribution < -0.4 is 5.32 Å². The van der Waals surface area contributed by atoms with E-state index in [4.69, 9.17) is 0 Å². The van der Waals surface area contributed by atoms with Gasteiger partial charge in [-0.2, -0.15) is 0 Å². The van der Waals surface area contributed by atoms with Crippen LogP contribution in [0, 0.1) is 0 Å². The van der Waals surface area contributed by atoms with Crippen molar-refractivity contribution in [3.63, 3.8) is 0 Å². The van der Waals surface area contributed by atoms with Crippen LogP contribution in [-0.4, -0.2) is 36.4 Å². The van der Waals surface area contributed by atoms with Crippen molar-refractivity contribution >= 4 is 15.7 Å². The minimum absolute atomic E-state index is 0.0608. The van der Waals surface area contributed by atoms with Gasteiger partial charge in [0.25, 0.3) is 0 Å². The highest BCUT2D eigenvalue weighted by molar-refractivity contribution is 7.91. The summed E-state index contributed by atoms with van der Waals surface area (Å²) in [7, 11) is -2.96. The topological polar surface area (TPSA) is 68.2 Å². The summed E-state index contributed by atoms with van der Waals surface area (Å²) in [6, 6.07) is 11.4. The summed E-state index contributed by atoms with van der Waals surface area (Å²) < 4.78 is 24.7. The Labute approximate surface area is 129 Å². The lowest BCUT2D eigenvalue weighted by atomic mass is 10.1. The van der Waals surface area contributed by atoms with E-state index in [0.29, 0.717) is 6.42 Å². The standard InChI is InChI=1S/C16H18N2O3S/c19-16(17-14-7-10-22(20,21)12-14)11-13-3-5-15(6-4-13)18-8-1-2-9-18/h1-6,8-9,14H,7,10-12H2,(H,17,19). The molecule has 1 saturated heterocycles. The molecule has 3 rings (SSSR count). The highest BCUT2D eigenvalue weighted by Crippen LogP contribution is 2.13. The SMILES string of the molecule is O=C(Cc1ccc(-n2cccc2)cc1)NC1CCS(=O)(=O)C1. The molecule has 5 nitrogen and oxygen atoms in total. The van der Waals surface area contributed by atoms with E-state index < -0.39 is 9.84 Å². The van der Waals surface area contributed by atoms with Crippen LogP contribution in [0.1, 0.15) is 12.0 Å². The molecular formula is C16H18N2O3S. The summed E-state index contributed by atoms with van der Waals surface area (Å²) in [5.74, 6) is 0.102. The highest BCUT2D eigenvalue weighted by Gasteiger charge is 2.28. The average molecular weight is 318 g/mol. The Balaban J connectivity index is 1.58. The maximum absolute atomic E-state index is 12.0. The van der Waals surface area contributed by atoms with Gasteiger partial charge < -0.3 is 9.88 Å². The molecule has 22 heavy (non-hydrogen) atoms. The molecular weight excluding hydrogens is 300 g/mol. The van der Waals surface area contributed by atoms with E-state index in [-0.39, 0.29) is 29.9 Å². The molecule has 1 aromatic carbocycles. The zero-order valence-corrected chi connectivity index (χ0v) is 12.9. The minimum atomic E-state index is -2.96. The van der Waals surface area contributed by atoms with Gasteiger partial charge in [-0.1, -0.05) is 12.1 Å². The van der Waals surface area contributed by atoms with Crippen LogP contribution in [0.5, 0.6) is 0 Å². The number of carbonyl (C=O) groups excluding carboxylic acids is 1. The second kappa shape index (κ2) is 5.96. The molecule has 0 spiro atoms. The Morgan fingerprint density at radius 2 is 1.86 bits per heavy atom. The number of hydrogen-bond acceptors (Lipinski definition) is 3. The third-order valence-corrected chi connectivity index (χ3v) is 5.57. The third-order valence-electron chi connectivity index (χ3n) is 3.80. The van der Waals surface area contributed by atoms with Crippen LogP contribution in [0.25, 0.3) is 5.69 Å². The fourth-order valence-electron chi connectivity index (χ4n) is 2.67. The first-order valence-corrected chi connectivity index (χ1v) is 9.06. The first-order chi connectivity index (χ1) is 10.5. The number of rotatable bonds is 4. The van der Waals surface area contributed by atoms with Gasteiger partial charge in [0.05, 0.1) is 17.9 Å². The van der Waals surface area contributed by atoms with Crippen molar-refractivity contribution in [2.75, 3.05) is 11.5 Å². The molecule has 2 aromatic rings. The van der Waals surface area contributed by atoms with Gasteiger partial charge >= 0.3 is 0 Å². The fourth-order valence-corrected chi connectivity index (χ4v) is 4.34. The Morgan fingerprint density at radius 1 is 1.18 bits per heavy atom. The van der Waals surface area contributed by atoms with Crippen molar-refractivity contribution < 1.29 is 13.2 Å². The molecule has 1 unspecified atom stereocenters. The molecule has 1 aliphatic heterocycles. The van der Waals surface area contributed by atoms with Crippen molar-refractivity contribution in [2.45, 2.75) is 18.9 Å². The molecule has 116 valence electrons. The minimum Gasteiger partial charge on any atom is -0.352 e. The molecule has 1 N–H and O–H groups in total. The summed E-state index contributed by atoms with van der Waals surface area (Å²) >= 11 is 0. The molecule has 0 aliphatic carbocycles. The number of carbonyl (C=O) groups is 1. The van der Waals surface area contributed by atoms with Crippen molar-refractivity contribution in [1.82, 2.24) is 9.88 Å². The summed E-state index contributed by atoms with van der Waals surface area (Å²) in [5, 5.41) is 2.80. The van der Waals surface area contributed by atoms with E-state index in [1.807, 2.05) is 53.4 Å². The molecule has 2 heterocycles. The van der Waals surface area contributed by atoms with Gasteiger partial charge in [-0.15, -0.1) is 0 Å². The number of hydrogen-bond donors (Lipinski definition) is 1. The van der Waals surface area contributed by atoms with Gasteiger partial charge in [0.15, 0.2) is 9.84 Å². The number of aromatic nitrogens is 1. The van der Waals surface area contributed by atoms with Crippen molar-refractivity contribution in [1.29, 1.82) is 0 Å². The van der Waals surface area contributed by atoms with E-state index >= 15 is 0 Å². The maximum atomic E-state index is 12.0. The van der Waals surface area contributed by atoms with Crippen LogP contribution in [0.15, 0.2) is 48.8 Å². The lowest BCUT2D eigenvalue weighted by Crippen LogP contribution is -2.36. The Morgan fingerprint density at radius 3 is 2.45 bits per heavy atom. The molecule has 1 aromatic heterocycles. The van der Waals surface area contributed by atoms with E-state index in [2.05, 4.69) is 5.32 Å². The molecule has 0 saturated carbocycles. The number of amides is 1. The predicted octanol–water partition coefficient (Wildman–Crippen LogP) is 1.32. The largest absolute Gasteiger partial charge is 0.352 e. The lowest BCUT2D eigenvalue weighted by Gasteiger charge is -2.11. The zero-order chi connectivity index (χ0) is 15.6. The number of nitrogens with one attached hydrogen (secondary N) is 1. The van der Waals surface area contributed by atoms with E-state index in [1.165, 1.54) is 0 Å². The number of sulfone groups is 1. The van der Waals surface area contributed by atoms with E-state index in [9.17, 15) is 13.2 Å². The Kier molecular flexibility index (Phi) is 4.02. The summed E-state index contributed by atoms with van der Waals surface area (Å²) in [6.45, 7) is 0. The monoisotopic (exact) mass is 318 g/mol. The van der Waals surface area contributed by atoms with Crippen molar-refractivity contribution in [2.24, 2.45) is 0 Å². The molecule has 0 bridgehead atoms. The normalized spacial score (nSPS) is 19.9. The zero-order valence-electron chi connectivity index (χ0n) is 12.1. The van der Waals surface area contributed by atoms with Gasteiger partial charge in [-0.05, 0) is 36.2 Å². The van der Waals surface area contributed by atoms with Crippen molar-refractivity contribution in [3.05, 3.63) is 54.4 Å². The summed E-state index contributed by atoms with van der Waals surface area (Å²) in [6.07, 6.45) is 4.70. The molecule has 1 fully saturated rings. The number of nitrogens with zero attached hydrogens (tertiary/aromatic N) is 1. The van der Waals surface area contributed by atoms with Crippen LogP contribution in [-0.2, 0) is 21.1 Å². The fraction of sp³-hybridized carbons (Fsp3) is 0.312. The quantitative estimate of drug-likeness (QED) is 0.924. The first-order valence-electron chi connectivity index (χ1n) is 7.24.